The second-order valence-electron chi connectivity index (χ2n) is 5.31. The van der Waals surface area contributed by atoms with E-state index >= 15 is 0 Å². The van der Waals surface area contributed by atoms with Gasteiger partial charge >= 0.3 is 0 Å². The van der Waals surface area contributed by atoms with Crippen molar-refractivity contribution in [3.8, 4) is 0 Å². The average Bonchev–Trinajstić information content (AvgIpc) is 2.42. The van der Waals surface area contributed by atoms with E-state index in [-0.39, 0.29) is 0 Å². The quantitative estimate of drug-likeness (QED) is 0.608. The number of rotatable bonds is 10. The van der Waals surface area contributed by atoms with Gasteiger partial charge in [-0.2, -0.15) is 0 Å². The van der Waals surface area contributed by atoms with Crippen molar-refractivity contribution in [2.24, 2.45) is 0 Å². The standard InChI is InChI=1S/C15H32N2O/c1-3-5-13-18-14-10-16-9-12-17-11-7-6-8-15(17)4-2/h15-16H,3-14H2,1-2H3. The molecule has 18 heavy (non-hydrogen) atoms. The van der Waals surface area contributed by atoms with Gasteiger partial charge in [0, 0.05) is 32.3 Å². The maximum absolute atomic E-state index is 5.53. The molecule has 1 aliphatic rings. The Hall–Kier alpha value is -0.120. The van der Waals surface area contributed by atoms with Gasteiger partial charge in [0.2, 0.25) is 0 Å². The first-order valence-corrected chi connectivity index (χ1v) is 7.91. The second-order valence-corrected chi connectivity index (χ2v) is 5.31. The monoisotopic (exact) mass is 256 g/mol. The lowest BCUT2D eigenvalue weighted by atomic mass is 10.0. The lowest BCUT2D eigenvalue weighted by molar-refractivity contribution is 0.126. The molecule has 108 valence electrons. The molecule has 1 N–H and O–H groups in total. The first-order chi connectivity index (χ1) is 8.88. The largest absolute Gasteiger partial charge is 0.380 e. The van der Waals surface area contributed by atoms with Crippen molar-refractivity contribution in [3.63, 3.8) is 0 Å². The third-order valence-electron chi connectivity index (χ3n) is 3.86. The van der Waals surface area contributed by atoms with E-state index in [9.17, 15) is 0 Å². The number of likely N-dealkylation sites (tertiary alicyclic amines) is 1. The van der Waals surface area contributed by atoms with Crippen molar-refractivity contribution < 1.29 is 4.74 Å². The fraction of sp³-hybridized carbons (Fsp3) is 1.00. The number of piperidine rings is 1. The van der Waals surface area contributed by atoms with Crippen LogP contribution in [0.25, 0.3) is 0 Å². The zero-order valence-electron chi connectivity index (χ0n) is 12.4. The number of hydrogen-bond acceptors (Lipinski definition) is 3. The maximum Gasteiger partial charge on any atom is 0.0590 e. The van der Waals surface area contributed by atoms with E-state index in [4.69, 9.17) is 4.74 Å². The van der Waals surface area contributed by atoms with Crippen LogP contribution in [0.4, 0.5) is 0 Å². The predicted molar refractivity (Wildman–Crippen MR) is 78.1 cm³/mol. The van der Waals surface area contributed by atoms with Crippen molar-refractivity contribution in [2.45, 2.75) is 58.4 Å². The van der Waals surface area contributed by atoms with Crippen molar-refractivity contribution in [2.75, 3.05) is 39.4 Å². The fourth-order valence-corrected chi connectivity index (χ4v) is 2.66. The maximum atomic E-state index is 5.53. The van der Waals surface area contributed by atoms with Crippen LogP contribution in [0.15, 0.2) is 0 Å². The van der Waals surface area contributed by atoms with E-state index in [0.717, 1.165) is 32.3 Å². The number of nitrogens with one attached hydrogen (secondary N) is 1. The van der Waals surface area contributed by atoms with Crippen molar-refractivity contribution >= 4 is 0 Å². The molecular formula is C15H32N2O. The highest BCUT2D eigenvalue weighted by molar-refractivity contribution is 4.75. The first kappa shape index (κ1) is 15.9. The second kappa shape index (κ2) is 10.8. The summed E-state index contributed by atoms with van der Waals surface area (Å²) in [7, 11) is 0. The third-order valence-corrected chi connectivity index (χ3v) is 3.86. The molecule has 3 nitrogen and oxygen atoms in total. The summed E-state index contributed by atoms with van der Waals surface area (Å²) < 4.78 is 5.53. The van der Waals surface area contributed by atoms with Gasteiger partial charge in [0.05, 0.1) is 6.61 Å². The zero-order valence-corrected chi connectivity index (χ0v) is 12.4. The Balaban J connectivity index is 1.93. The van der Waals surface area contributed by atoms with E-state index in [2.05, 4.69) is 24.1 Å². The molecule has 0 bridgehead atoms. The Bertz CT molecular complexity index is 187. The smallest absolute Gasteiger partial charge is 0.0590 e. The van der Waals surface area contributed by atoms with Crippen LogP contribution in [0.3, 0.4) is 0 Å². The van der Waals surface area contributed by atoms with E-state index in [1.807, 2.05) is 0 Å². The molecule has 1 saturated heterocycles. The van der Waals surface area contributed by atoms with Gasteiger partial charge in [-0.1, -0.05) is 26.7 Å². The van der Waals surface area contributed by atoms with E-state index in [0.29, 0.717) is 0 Å². The summed E-state index contributed by atoms with van der Waals surface area (Å²) in [5, 5.41) is 3.49. The van der Waals surface area contributed by atoms with Crippen LogP contribution in [0, 0.1) is 0 Å². The summed E-state index contributed by atoms with van der Waals surface area (Å²) >= 11 is 0. The van der Waals surface area contributed by atoms with Crippen LogP contribution in [0.5, 0.6) is 0 Å². The van der Waals surface area contributed by atoms with Crippen LogP contribution in [-0.4, -0.2) is 50.3 Å². The molecule has 1 unspecified atom stereocenters. The highest BCUT2D eigenvalue weighted by Crippen LogP contribution is 2.18. The van der Waals surface area contributed by atoms with Gasteiger partial charge in [-0.15, -0.1) is 0 Å². The van der Waals surface area contributed by atoms with Crippen LogP contribution in [-0.2, 0) is 4.74 Å². The van der Waals surface area contributed by atoms with Gasteiger partial charge in [0.25, 0.3) is 0 Å². The first-order valence-electron chi connectivity index (χ1n) is 7.91. The molecule has 0 aromatic rings. The Morgan fingerprint density at radius 1 is 1.17 bits per heavy atom. The molecule has 1 aliphatic heterocycles. The highest BCUT2D eigenvalue weighted by Gasteiger charge is 2.19. The Labute approximate surface area is 113 Å². The van der Waals surface area contributed by atoms with Gasteiger partial charge in [-0.25, -0.2) is 0 Å². The Morgan fingerprint density at radius 2 is 2.06 bits per heavy atom. The lowest BCUT2D eigenvalue weighted by Gasteiger charge is -2.35. The molecule has 1 fully saturated rings. The summed E-state index contributed by atoms with van der Waals surface area (Å²) in [6.45, 7) is 10.9. The molecule has 1 atom stereocenters. The summed E-state index contributed by atoms with van der Waals surface area (Å²) in [5.41, 5.74) is 0. The van der Waals surface area contributed by atoms with Gasteiger partial charge in [0.1, 0.15) is 0 Å². The molecule has 0 amide bonds. The molecule has 0 aromatic heterocycles. The third kappa shape index (κ3) is 6.72. The normalized spacial score (nSPS) is 21.3. The number of nitrogens with zero attached hydrogens (tertiary/aromatic N) is 1. The summed E-state index contributed by atoms with van der Waals surface area (Å²) in [6.07, 6.45) is 7.92. The fourth-order valence-electron chi connectivity index (χ4n) is 2.66. The van der Waals surface area contributed by atoms with E-state index in [1.165, 1.54) is 51.6 Å². The highest BCUT2D eigenvalue weighted by atomic mass is 16.5. The van der Waals surface area contributed by atoms with E-state index in [1.54, 1.807) is 0 Å². The Kier molecular flexibility index (Phi) is 9.54. The predicted octanol–water partition coefficient (Wildman–Crippen LogP) is 2.66. The average molecular weight is 256 g/mol. The van der Waals surface area contributed by atoms with Crippen LogP contribution in [0.2, 0.25) is 0 Å². The van der Waals surface area contributed by atoms with Crippen LogP contribution in [0.1, 0.15) is 52.4 Å². The molecule has 0 aliphatic carbocycles. The SMILES string of the molecule is CCCCOCCNCCN1CCCCC1CC. The molecule has 3 heteroatoms. The zero-order chi connectivity index (χ0) is 13.1. The lowest BCUT2D eigenvalue weighted by Crippen LogP contribution is -2.43. The van der Waals surface area contributed by atoms with Crippen LogP contribution < -0.4 is 5.32 Å². The van der Waals surface area contributed by atoms with Gasteiger partial charge < -0.3 is 10.1 Å². The molecule has 0 spiro atoms. The molecular weight excluding hydrogens is 224 g/mol. The topological polar surface area (TPSA) is 24.5 Å². The van der Waals surface area contributed by atoms with Crippen molar-refractivity contribution in [1.29, 1.82) is 0 Å². The number of ether oxygens (including phenoxy) is 1. The van der Waals surface area contributed by atoms with Gasteiger partial charge in [0.15, 0.2) is 0 Å². The molecule has 1 heterocycles. The van der Waals surface area contributed by atoms with Crippen molar-refractivity contribution in [1.82, 2.24) is 10.2 Å². The van der Waals surface area contributed by atoms with Gasteiger partial charge in [-0.3, -0.25) is 4.90 Å². The number of hydrogen-bond donors (Lipinski definition) is 1. The minimum Gasteiger partial charge on any atom is -0.380 e. The van der Waals surface area contributed by atoms with Gasteiger partial charge in [-0.05, 0) is 32.2 Å². The molecule has 1 rings (SSSR count). The molecule has 0 aromatic carbocycles. The van der Waals surface area contributed by atoms with Crippen molar-refractivity contribution in [3.05, 3.63) is 0 Å². The summed E-state index contributed by atoms with van der Waals surface area (Å²) in [5.74, 6) is 0. The molecule has 0 saturated carbocycles. The summed E-state index contributed by atoms with van der Waals surface area (Å²) in [4.78, 5) is 2.66. The Morgan fingerprint density at radius 3 is 2.83 bits per heavy atom. The minimum absolute atomic E-state index is 0.835. The minimum atomic E-state index is 0.835. The molecule has 0 radical (unpaired) electrons. The van der Waals surface area contributed by atoms with Crippen LogP contribution >= 0.6 is 0 Å². The number of unbranched alkanes of at least 4 members (excludes halogenated alkanes) is 1. The van der Waals surface area contributed by atoms with E-state index < -0.39 is 0 Å². The summed E-state index contributed by atoms with van der Waals surface area (Å²) in [6, 6.07) is 0.835.